The van der Waals surface area contributed by atoms with Gasteiger partial charge in [-0.2, -0.15) is 0 Å². The Hall–Kier alpha value is -2.78. The van der Waals surface area contributed by atoms with E-state index in [0.29, 0.717) is 6.61 Å². The van der Waals surface area contributed by atoms with Crippen molar-refractivity contribution in [1.29, 1.82) is 0 Å². The molecule has 3 nitrogen and oxygen atoms in total. The Morgan fingerprint density at radius 3 is 2.59 bits per heavy atom. The Kier molecular flexibility index (Phi) is 9.64. The highest BCUT2D eigenvalue weighted by atomic mass is 16.6. The number of benzene rings is 2. The van der Waals surface area contributed by atoms with Crippen molar-refractivity contribution in [3.8, 4) is 0 Å². The quantitative estimate of drug-likeness (QED) is 0.163. The molecule has 3 rings (SSSR count). The molecule has 0 bridgehead atoms. The third-order valence-corrected chi connectivity index (χ3v) is 6.13. The van der Waals surface area contributed by atoms with Crippen LogP contribution in [0.4, 0.5) is 11.4 Å². The van der Waals surface area contributed by atoms with Crippen LogP contribution in [0.2, 0.25) is 0 Å². The average molecular weight is 431 g/mol. The molecule has 0 aliphatic heterocycles. The maximum absolute atomic E-state index is 6.46. The van der Waals surface area contributed by atoms with E-state index < -0.39 is 0 Å². The molecule has 0 radical (unpaired) electrons. The maximum Gasteiger partial charge on any atom is 0.1000 e. The van der Waals surface area contributed by atoms with Crippen molar-refractivity contribution in [1.82, 2.24) is 0 Å². The smallest absolute Gasteiger partial charge is 0.1000 e. The molecule has 0 aromatic heterocycles. The average Bonchev–Trinajstić information content (AvgIpc) is 2.83. The van der Waals surface area contributed by atoms with Gasteiger partial charge in [-0.25, -0.2) is 0 Å². The van der Waals surface area contributed by atoms with Gasteiger partial charge in [-0.05, 0) is 73.9 Å². The molecule has 0 fully saturated rings. The lowest BCUT2D eigenvalue weighted by atomic mass is 9.88. The lowest BCUT2D eigenvalue weighted by molar-refractivity contribution is 0.234. The molecule has 0 heterocycles. The fraction of sp³-hybridized carbons (Fsp3) is 0.379. The van der Waals surface area contributed by atoms with Crippen molar-refractivity contribution in [3.05, 3.63) is 83.5 Å². The van der Waals surface area contributed by atoms with Crippen LogP contribution in [0.5, 0.6) is 0 Å². The number of allylic oxidation sites excluding steroid dienone is 5. The van der Waals surface area contributed by atoms with E-state index in [1.807, 2.05) is 37.3 Å². The second-order valence-electron chi connectivity index (χ2n) is 8.52. The summed E-state index contributed by atoms with van der Waals surface area (Å²) in [6.07, 6.45) is 16.8. The van der Waals surface area contributed by atoms with Crippen LogP contribution < -0.4 is 11.2 Å². The summed E-state index contributed by atoms with van der Waals surface area (Å²) in [6.45, 7) is 4.74. The normalized spacial score (nSPS) is 15.6. The van der Waals surface area contributed by atoms with Crippen LogP contribution in [-0.4, -0.2) is 6.61 Å². The van der Waals surface area contributed by atoms with Crippen LogP contribution in [0.1, 0.15) is 76.3 Å². The summed E-state index contributed by atoms with van der Waals surface area (Å²) in [5.41, 5.74) is 17.6. The van der Waals surface area contributed by atoms with Crippen molar-refractivity contribution >= 4 is 22.5 Å². The maximum atomic E-state index is 6.46. The number of anilines is 2. The lowest BCUT2D eigenvalue weighted by Crippen LogP contribution is -2.06. The summed E-state index contributed by atoms with van der Waals surface area (Å²) in [7, 11) is 0. The Morgan fingerprint density at radius 2 is 1.91 bits per heavy atom. The number of rotatable bonds is 11. The molecule has 0 amide bonds. The van der Waals surface area contributed by atoms with Gasteiger partial charge in [-0.1, -0.05) is 80.3 Å². The third-order valence-electron chi connectivity index (χ3n) is 6.13. The van der Waals surface area contributed by atoms with Crippen LogP contribution in [0.3, 0.4) is 0 Å². The predicted octanol–water partition coefficient (Wildman–Crippen LogP) is 8.18. The summed E-state index contributed by atoms with van der Waals surface area (Å²) in [6, 6.07) is 16.3. The molecule has 0 atom stereocenters. The van der Waals surface area contributed by atoms with Gasteiger partial charge in [0.15, 0.2) is 0 Å². The van der Waals surface area contributed by atoms with E-state index in [4.69, 9.17) is 10.6 Å². The van der Waals surface area contributed by atoms with Gasteiger partial charge in [0.2, 0.25) is 0 Å². The third kappa shape index (κ3) is 7.13. The molecule has 3 heteroatoms. The number of para-hydroxylation sites is 1. The second-order valence-corrected chi connectivity index (χ2v) is 8.52. The SMILES string of the molecule is C/C=C(/CONc1ccccc1)c1ccc(C2=CC/C(=C\CCCCCC)CC2)cc1N. The molecule has 170 valence electrons. The van der Waals surface area contributed by atoms with Crippen molar-refractivity contribution in [2.24, 2.45) is 0 Å². The minimum atomic E-state index is 0.448. The molecule has 0 saturated carbocycles. The second kappa shape index (κ2) is 12.9. The zero-order valence-electron chi connectivity index (χ0n) is 19.7. The van der Waals surface area contributed by atoms with Crippen LogP contribution >= 0.6 is 0 Å². The van der Waals surface area contributed by atoms with Gasteiger partial charge >= 0.3 is 0 Å². The monoisotopic (exact) mass is 430 g/mol. The number of unbranched alkanes of at least 4 members (excludes halogenated alkanes) is 4. The molecular formula is C29H38N2O. The highest BCUT2D eigenvalue weighted by Gasteiger charge is 2.12. The van der Waals surface area contributed by atoms with E-state index in [0.717, 1.165) is 35.4 Å². The zero-order valence-corrected chi connectivity index (χ0v) is 19.7. The van der Waals surface area contributed by atoms with Gasteiger partial charge in [0.05, 0.1) is 12.3 Å². The molecule has 0 unspecified atom stereocenters. The van der Waals surface area contributed by atoms with Crippen LogP contribution in [-0.2, 0) is 4.84 Å². The largest absolute Gasteiger partial charge is 0.398 e. The van der Waals surface area contributed by atoms with Gasteiger partial charge in [-0.3, -0.25) is 10.3 Å². The van der Waals surface area contributed by atoms with Crippen molar-refractivity contribution in [3.63, 3.8) is 0 Å². The summed E-state index contributed by atoms with van der Waals surface area (Å²) >= 11 is 0. The van der Waals surface area contributed by atoms with Crippen molar-refractivity contribution < 1.29 is 4.84 Å². The lowest BCUT2D eigenvalue weighted by Gasteiger charge is -2.18. The van der Waals surface area contributed by atoms with Gasteiger partial charge in [0.25, 0.3) is 0 Å². The van der Waals surface area contributed by atoms with E-state index in [1.165, 1.54) is 49.7 Å². The van der Waals surface area contributed by atoms with E-state index in [2.05, 4.69) is 48.8 Å². The fourth-order valence-electron chi connectivity index (χ4n) is 4.15. The van der Waals surface area contributed by atoms with E-state index in [9.17, 15) is 0 Å². The van der Waals surface area contributed by atoms with Crippen LogP contribution in [0.15, 0.2) is 72.3 Å². The fourth-order valence-corrected chi connectivity index (χ4v) is 4.15. The summed E-state index contributed by atoms with van der Waals surface area (Å²) in [5.74, 6) is 0. The van der Waals surface area contributed by atoms with Gasteiger partial charge in [-0.15, -0.1) is 0 Å². The van der Waals surface area contributed by atoms with E-state index >= 15 is 0 Å². The Morgan fingerprint density at radius 1 is 1.06 bits per heavy atom. The first kappa shape index (κ1) is 23.9. The Balaban J connectivity index is 1.56. The Bertz CT molecular complexity index is 941. The number of hydrogen-bond donors (Lipinski definition) is 2. The zero-order chi connectivity index (χ0) is 22.6. The minimum absolute atomic E-state index is 0.448. The highest BCUT2D eigenvalue weighted by molar-refractivity contribution is 5.79. The molecule has 1 aliphatic rings. The first-order chi connectivity index (χ1) is 15.7. The standard InChI is InChI=1S/C29H38N2O/c1-3-5-6-7-9-12-23-15-17-25(18-16-23)26-19-20-28(29(30)21-26)24(4-2)22-32-31-27-13-10-8-11-14-27/h4,8,10-14,17,19-21,31H,3,5-7,9,15-16,18,22,30H2,1-2H3/b23-12+,24-4-. The molecule has 0 spiro atoms. The van der Waals surface area contributed by atoms with Gasteiger partial charge in [0, 0.05) is 11.3 Å². The number of nitrogens with two attached hydrogens (primary N) is 1. The Labute approximate surface area is 194 Å². The van der Waals surface area contributed by atoms with Gasteiger partial charge in [0.1, 0.15) is 0 Å². The van der Waals surface area contributed by atoms with Crippen LogP contribution in [0.25, 0.3) is 11.1 Å². The highest BCUT2D eigenvalue weighted by Crippen LogP contribution is 2.33. The predicted molar refractivity (Wildman–Crippen MR) is 139 cm³/mol. The number of nitrogen functional groups attached to an aromatic ring is 1. The molecule has 32 heavy (non-hydrogen) atoms. The molecule has 0 saturated heterocycles. The number of hydrogen-bond acceptors (Lipinski definition) is 3. The van der Waals surface area contributed by atoms with Gasteiger partial charge < -0.3 is 5.73 Å². The molecule has 2 aromatic rings. The summed E-state index contributed by atoms with van der Waals surface area (Å²) in [4.78, 5) is 5.70. The molecule has 2 aromatic carbocycles. The van der Waals surface area contributed by atoms with Crippen LogP contribution in [0, 0.1) is 0 Å². The minimum Gasteiger partial charge on any atom is -0.398 e. The first-order valence-electron chi connectivity index (χ1n) is 12.1. The topological polar surface area (TPSA) is 47.3 Å². The van der Waals surface area contributed by atoms with Crippen molar-refractivity contribution in [2.75, 3.05) is 17.8 Å². The number of nitrogens with one attached hydrogen (secondary N) is 1. The molecule has 1 aliphatic carbocycles. The molecular weight excluding hydrogens is 392 g/mol. The van der Waals surface area contributed by atoms with Crippen molar-refractivity contribution in [2.45, 2.75) is 65.2 Å². The summed E-state index contributed by atoms with van der Waals surface area (Å²) < 4.78 is 0. The van der Waals surface area contributed by atoms with E-state index in [1.54, 1.807) is 5.57 Å². The first-order valence-corrected chi connectivity index (χ1v) is 12.1. The molecule has 3 N–H and O–H groups in total. The van der Waals surface area contributed by atoms with E-state index in [-0.39, 0.29) is 0 Å². The summed E-state index contributed by atoms with van der Waals surface area (Å²) in [5, 5.41) is 0.